The van der Waals surface area contributed by atoms with Gasteiger partial charge in [-0.3, -0.25) is 14.4 Å². The number of rotatable bonds is 6. The number of aliphatic hydroxyl groups is 2. The number of fused-ring (bicyclic) bond motifs is 14. The number of amides is 1. The van der Waals surface area contributed by atoms with E-state index in [0.717, 1.165) is 6.42 Å². The number of carbonyl (C=O) groups excluding carboxylic acids is 3. The topological polar surface area (TPSA) is 213 Å². The summed E-state index contributed by atoms with van der Waals surface area (Å²) in [6.07, 6.45) is 4.40. The van der Waals surface area contributed by atoms with Crippen molar-refractivity contribution in [2.45, 2.75) is 105 Å². The predicted octanol–water partition coefficient (Wildman–Crippen LogP) is 5.25. The van der Waals surface area contributed by atoms with Crippen molar-refractivity contribution < 1.29 is 58.9 Å². The molecule has 3 aliphatic heterocycles. The number of allylic oxidation sites excluding steroid dienone is 2. The number of carbonyl (C=O) groups is 3. The molecule has 0 spiro atoms. The molecule has 2 aromatic rings. The molecule has 0 radical (unpaired) electrons. The van der Waals surface area contributed by atoms with Crippen LogP contribution in [0.25, 0.3) is 10.8 Å². The van der Waals surface area contributed by atoms with Crippen molar-refractivity contribution in [3.8, 4) is 23.0 Å². The van der Waals surface area contributed by atoms with Crippen LogP contribution in [0, 0.1) is 30.6 Å². The maximum absolute atomic E-state index is 14.3. The molecule has 1 amide bonds. The van der Waals surface area contributed by atoms with Gasteiger partial charge in [0.1, 0.15) is 23.4 Å². The van der Waals surface area contributed by atoms with E-state index in [2.05, 4.69) is 10.6 Å². The summed E-state index contributed by atoms with van der Waals surface area (Å²) in [4.78, 5) is 40.1. The molecule has 0 saturated carbocycles. The molecule has 14 nitrogen and oxygen atoms in total. The Morgan fingerprint density at radius 1 is 0.964 bits per heavy atom. The van der Waals surface area contributed by atoms with Crippen LogP contribution in [0.1, 0.15) is 83.3 Å². The highest BCUT2D eigenvalue weighted by molar-refractivity contribution is 6.22. The Bertz CT molecular complexity index is 1890. The van der Waals surface area contributed by atoms with Gasteiger partial charge in [-0.15, -0.1) is 0 Å². The summed E-state index contributed by atoms with van der Waals surface area (Å²) in [6, 6.07) is 0. The van der Waals surface area contributed by atoms with Gasteiger partial charge in [0.2, 0.25) is 0 Å². The lowest BCUT2D eigenvalue weighted by Crippen LogP contribution is -2.46. The molecule has 7 N–H and O–H groups in total. The molecule has 55 heavy (non-hydrogen) atoms. The summed E-state index contributed by atoms with van der Waals surface area (Å²) < 4.78 is 23.5. The molecule has 0 fully saturated rings. The van der Waals surface area contributed by atoms with Gasteiger partial charge in [-0.25, -0.2) is 0 Å². The lowest BCUT2D eigenvalue weighted by atomic mass is 9.78. The van der Waals surface area contributed by atoms with Gasteiger partial charge in [0.25, 0.3) is 11.7 Å². The van der Waals surface area contributed by atoms with E-state index in [4.69, 9.17) is 18.9 Å². The number of hydrogen-bond acceptors (Lipinski definition) is 13. The molecule has 3 aliphatic rings. The van der Waals surface area contributed by atoms with Crippen LogP contribution in [0.4, 0.5) is 5.69 Å². The first-order chi connectivity index (χ1) is 25.8. The number of phenolic OH excluding ortho intramolecular Hbond substituents is 3. The van der Waals surface area contributed by atoms with Crippen molar-refractivity contribution in [2.24, 2.45) is 23.7 Å². The third-order valence-electron chi connectivity index (χ3n) is 10.8. The Balaban J connectivity index is 1.95. The minimum Gasteiger partial charge on any atom is -0.507 e. The average Bonchev–Trinajstić information content (AvgIpc) is 3.41. The van der Waals surface area contributed by atoms with Crippen molar-refractivity contribution in [1.29, 1.82) is 0 Å². The quantitative estimate of drug-likeness (QED) is 0.0867. The molecule has 5 rings (SSSR count). The zero-order valence-electron chi connectivity index (χ0n) is 33.2. The first-order valence-corrected chi connectivity index (χ1v) is 18.6. The smallest absolute Gasteiger partial charge is 0.312 e. The van der Waals surface area contributed by atoms with Crippen LogP contribution < -0.4 is 15.4 Å². The molecule has 302 valence electrons. The van der Waals surface area contributed by atoms with E-state index >= 15 is 0 Å². The monoisotopic (exact) mass is 768 g/mol. The molecule has 5 bridgehead atoms. The van der Waals surface area contributed by atoms with Crippen molar-refractivity contribution in [1.82, 2.24) is 5.32 Å². The molecule has 0 saturated heterocycles. The Morgan fingerprint density at radius 3 is 2.25 bits per heavy atom. The van der Waals surface area contributed by atoms with E-state index in [-0.39, 0.29) is 51.0 Å². The number of aromatic hydroxyl groups is 3. The maximum atomic E-state index is 14.3. The number of hydrogen-bond donors (Lipinski definition) is 7. The summed E-state index contributed by atoms with van der Waals surface area (Å²) in [5.74, 6) is -7.97. The molecule has 9 atom stereocenters. The SMILES string of the molecule is CCCNCc1c2c(O)c3c(O)c(C)c4c(c3c1O)C(=O)[C@@](C)(OC=C[C@H](OC)[C@H](C)[C@H](OC(C)=O)[C@H](C)[C@H](O)[C@H](C)[C@@H](O)[C@H](C)C=CC=C(C)C(=O)N2)O4. The van der Waals surface area contributed by atoms with Crippen molar-refractivity contribution in [3.63, 3.8) is 0 Å². The van der Waals surface area contributed by atoms with Crippen LogP contribution in [-0.2, 0) is 30.3 Å². The number of esters is 1. The van der Waals surface area contributed by atoms with Gasteiger partial charge in [-0.2, -0.15) is 0 Å². The second kappa shape index (κ2) is 17.4. The van der Waals surface area contributed by atoms with Crippen LogP contribution in [0.5, 0.6) is 23.0 Å². The van der Waals surface area contributed by atoms with E-state index < -0.39 is 88.8 Å². The highest BCUT2D eigenvalue weighted by Gasteiger charge is 2.50. The van der Waals surface area contributed by atoms with Crippen LogP contribution in [-0.4, -0.2) is 87.0 Å². The Hall–Kier alpha value is -4.63. The Kier molecular flexibility index (Phi) is 13.7. The largest absolute Gasteiger partial charge is 0.507 e. The van der Waals surface area contributed by atoms with Crippen LogP contribution in [0.15, 0.2) is 36.1 Å². The van der Waals surface area contributed by atoms with Crippen molar-refractivity contribution in [2.75, 3.05) is 19.0 Å². The number of Topliss-reactive ketones (excluding diaryl/α,β-unsaturated/α-hetero) is 1. The minimum atomic E-state index is -2.01. The maximum Gasteiger partial charge on any atom is 0.312 e. The van der Waals surface area contributed by atoms with Crippen LogP contribution in [0.2, 0.25) is 0 Å². The predicted molar refractivity (Wildman–Crippen MR) is 206 cm³/mol. The third-order valence-corrected chi connectivity index (χ3v) is 10.8. The third kappa shape index (κ3) is 8.47. The van der Waals surface area contributed by atoms with Crippen LogP contribution in [0.3, 0.4) is 0 Å². The summed E-state index contributed by atoms with van der Waals surface area (Å²) in [5.41, 5.74) is 0.0354. The van der Waals surface area contributed by atoms with E-state index in [1.165, 1.54) is 53.2 Å². The zero-order valence-corrected chi connectivity index (χ0v) is 33.2. The van der Waals surface area contributed by atoms with Gasteiger partial charge in [-0.1, -0.05) is 52.8 Å². The molecule has 0 aromatic heterocycles. The van der Waals surface area contributed by atoms with Gasteiger partial charge >= 0.3 is 11.8 Å². The first-order valence-electron chi connectivity index (χ1n) is 18.6. The molecule has 14 heteroatoms. The fourth-order valence-electron chi connectivity index (χ4n) is 7.35. The summed E-state index contributed by atoms with van der Waals surface area (Å²) in [6.45, 7) is 15.0. The van der Waals surface area contributed by atoms with E-state index in [1.54, 1.807) is 39.8 Å². The van der Waals surface area contributed by atoms with E-state index in [0.29, 0.717) is 6.54 Å². The van der Waals surface area contributed by atoms with E-state index in [1.807, 2.05) is 6.92 Å². The standard InChI is InChI=1S/C41H56N2O12/c1-11-16-42-18-26-31-36(49)29-28(35(26)48)30-38(24(7)34(29)47)55-41(9,39(30)50)53-17-15-27(52-10)21(4)37(54-25(8)44)23(6)33(46)22(5)32(45)19(2)13-12-14-20(3)40(51)43-31/h12-15,17,19,21-23,27,32-33,37,42,45-49H,11,16,18H2,1-10H3,(H,43,51)/t19-,21+,22-,23-,27+,32+,33-,37+,41+/m1/s1. The highest BCUT2D eigenvalue weighted by atomic mass is 16.7. The van der Waals surface area contributed by atoms with Gasteiger partial charge in [0, 0.05) is 73.3 Å². The lowest BCUT2D eigenvalue weighted by molar-refractivity contribution is -0.160. The highest BCUT2D eigenvalue weighted by Crippen LogP contribution is 2.55. The van der Waals surface area contributed by atoms with Gasteiger partial charge < -0.3 is 55.1 Å². The second-order valence-electron chi connectivity index (χ2n) is 14.9. The first kappa shape index (κ1) is 43.1. The zero-order chi connectivity index (χ0) is 41.1. The van der Waals surface area contributed by atoms with Gasteiger partial charge in [0.15, 0.2) is 5.75 Å². The molecule has 0 aliphatic carbocycles. The number of aliphatic hydroxyl groups excluding tert-OH is 2. The fourth-order valence-corrected chi connectivity index (χ4v) is 7.35. The lowest BCUT2D eigenvalue weighted by Gasteiger charge is -2.38. The number of nitrogens with one attached hydrogen (secondary N) is 2. The number of anilines is 1. The molecule has 0 unspecified atom stereocenters. The fraction of sp³-hybridized carbons (Fsp3) is 0.537. The van der Waals surface area contributed by atoms with Crippen molar-refractivity contribution >= 4 is 34.1 Å². The molecule has 3 heterocycles. The van der Waals surface area contributed by atoms with E-state index in [9.17, 15) is 39.9 Å². The average molecular weight is 769 g/mol. The number of phenols is 3. The van der Waals surface area contributed by atoms with Crippen molar-refractivity contribution in [3.05, 3.63) is 52.8 Å². The summed E-state index contributed by atoms with van der Waals surface area (Å²) in [7, 11) is 1.44. The summed E-state index contributed by atoms with van der Waals surface area (Å²) >= 11 is 0. The number of ether oxygens (including phenoxy) is 4. The Labute approximate surface area is 321 Å². The van der Waals surface area contributed by atoms with Gasteiger partial charge in [-0.05, 0) is 32.9 Å². The molecule has 2 aromatic carbocycles. The van der Waals surface area contributed by atoms with Crippen LogP contribution >= 0.6 is 0 Å². The second-order valence-corrected chi connectivity index (χ2v) is 14.9. The molecular formula is C41H56N2O12. The molecular weight excluding hydrogens is 712 g/mol. The number of methoxy groups -OCH3 is 1. The summed E-state index contributed by atoms with van der Waals surface area (Å²) in [5, 5.41) is 63.2. The number of benzene rings is 2. The minimum absolute atomic E-state index is 0.0284. The number of ketones is 1. The van der Waals surface area contributed by atoms with Gasteiger partial charge in [0.05, 0.1) is 41.2 Å². The normalized spacial score (nSPS) is 29.2. The Morgan fingerprint density at radius 2 is 1.64 bits per heavy atom.